The molecule has 0 radical (unpaired) electrons. The second-order valence-corrected chi connectivity index (χ2v) is 11.3. The lowest BCUT2D eigenvalue weighted by Crippen LogP contribution is -2.30. The number of alkyl halides is 3. The van der Waals surface area contributed by atoms with Crippen molar-refractivity contribution in [1.29, 1.82) is 0 Å². The highest BCUT2D eigenvalue weighted by Crippen LogP contribution is 2.33. The third-order valence-electron chi connectivity index (χ3n) is 5.02. The average molecular weight is 587 g/mol. The second-order valence-electron chi connectivity index (χ2n) is 8.06. The van der Waals surface area contributed by atoms with Crippen molar-refractivity contribution in [2.45, 2.75) is 18.0 Å². The first kappa shape index (κ1) is 29.5. The van der Waals surface area contributed by atoms with Crippen LogP contribution in [-0.2, 0) is 35.9 Å². The number of aryl methyl sites for hydroxylation is 1. The normalized spacial score (nSPS) is 12.4. The van der Waals surface area contributed by atoms with E-state index in [1.54, 1.807) is 29.0 Å². The molecule has 1 heterocycles. The van der Waals surface area contributed by atoms with E-state index in [-0.39, 0.29) is 11.4 Å². The molecule has 0 saturated heterocycles. The molecule has 2 aromatic carbocycles. The van der Waals surface area contributed by atoms with Gasteiger partial charge in [-0.15, -0.1) is 0 Å². The van der Waals surface area contributed by atoms with Gasteiger partial charge >= 0.3 is 6.18 Å². The highest BCUT2D eigenvalue weighted by atomic mass is 32.2. The predicted molar refractivity (Wildman–Crippen MR) is 133 cm³/mol. The number of rotatable bonds is 9. The van der Waals surface area contributed by atoms with E-state index in [1.165, 1.54) is 12.1 Å². The number of carbonyl (C=O) groups excluding carboxylic acids is 2. The summed E-state index contributed by atoms with van der Waals surface area (Å²) >= 11 is 0. The number of nitrogens with zero attached hydrogens (tertiary/aromatic N) is 2. The van der Waals surface area contributed by atoms with Crippen LogP contribution < -0.4 is 10.0 Å². The van der Waals surface area contributed by atoms with Crippen LogP contribution in [0, 0.1) is 6.92 Å². The zero-order chi connectivity index (χ0) is 29.0. The molecular formula is C23H21F3N4O7S2. The van der Waals surface area contributed by atoms with E-state index in [1.807, 2.05) is 6.92 Å². The monoisotopic (exact) mass is 586 g/mol. The summed E-state index contributed by atoms with van der Waals surface area (Å²) in [6, 6.07) is 12.1. The van der Waals surface area contributed by atoms with E-state index >= 15 is 0 Å². The first-order valence-corrected chi connectivity index (χ1v) is 14.0. The van der Waals surface area contributed by atoms with Crippen molar-refractivity contribution < 1.29 is 44.1 Å². The lowest BCUT2D eigenvalue weighted by Gasteiger charge is -2.10. The second kappa shape index (κ2) is 11.4. The quantitative estimate of drug-likeness (QED) is 0.254. The van der Waals surface area contributed by atoms with Crippen molar-refractivity contribution in [3.05, 3.63) is 78.0 Å². The highest BCUT2D eigenvalue weighted by molar-refractivity contribution is 7.90. The summed E-state index contributed by atoms with van der Waals surface area (Å²) in [6.07, 6.45) is -3.48. The average Bonchev–Trinajstić information content (AvgIpc) is 3.28. The minimum atomic E-state index is -4.72. The summed E-state index contributed by atoms with van der Waals surface area (Å²) in [7, 11) is -8.74. The summed E-state index contributed by atoms with van der Waals surface area (Å²) in [5.74, 6) is -2.88. The van der Waals surface area contributed by atoms with Gasteiger partial charge in [0.1, 0.15) is 0 Å². The molecule has 39 heavy (non-hydrogen) atoms. The molecule has 3 N–H and O–H groups in total. The Hall–Kier alpha value is -4.02. The molecular weight excluding hydrogens is 565 g/mol. The Kier molecular flexibility index (Phi) is 8.62. The van der Waals surface area contributed by atoms with Crippen LogP contribution in [0.2, 0.25) is 0 Å². The maximum atomic E-state index is 13.4. The molecule has 11 nitrogen and oxygen atoms in total. The van der Waals surface area contributed by atoms with Gasteiger partial charge in [0.2, 0.25) is 5.91 Å². The number of aromatic nitrogens is 2. The van der Waals surface area contributed by atoms with E-state index in [9.17, 15) is 39.6 Å². The van der Waals surface area contributed by atoms with Gasteiger partial charge in [-0.1, -0.05) is 29.8 Å². The van der Waals surface area contributed by atoms with Crippen molar-refractivity contribution in [2.75, 3.05) is 12.3 Å². The maximum Gasteiger partial charge on any atom is 0.435 e. The molecule has 0 aliphatic carbocycles. The Morgan fingerprint density at radius 3 is 2.13 bits per heavy atom. The van der Waals surface area contributed by atoms with Crippen molar-refractivity contribution >= 4 is 32.0 Å². The third kappa shape index (κ3) is 8.23. The molecule has 1 aromatic heterocycles. The molecule has 0 bridgehead atoms. The van der Waals surface area contributed by atoms with Crippen molar-refractivity contribution in [2.24, 2.45) is 0 Å². The third-order valence-corrected chi connectivity index (χ3v) is 7.10. The van der Waals surface area contributed by atoms with Crippen LogP contribution in [0.1, 0.15) is 11.3 Å². The summed E-state index contributed by atoms with van der Waals surface area (Å²) in [6.45, 7) is 1.37. The number of hydrogen-bond donors (Lipinski definition) is 3. The fourth-order valence-electron chi connectivity index (χ4n) is 3.15. The molecule has 2 amide bonds. The van der Waals surface area contributed by atoms with Crippen molar-refractivity contribution in [3.63, 3.8) is 0 Å². The van der Waals surface area contributed by atoms with Gasteiger partial charge in [0.05, 0.1) is 22.0 Å². The van der Waals surface area contributed by atoms with E-state index in [0.29, 0.717) is 17.7 Å². The fourth-order valence-corrected chi connectivity index (χ4v) is 4.46. The summed E-state index contributed by atoms with van der Waals surface area (Å²) < 4.78 is 97.8. The number of hydrogen-bond acceptors (Lipinski definition) is 7. The molecule has 0 aliphatic rings. The zero-order valence-corrected chi connectivity index (χ0v) is 21.6. The minimum absolute atomic E-state index is 0.117. The molecule has 0 atom stereocenters. The van der Waals surface area contributed by atoms with Gasteiger partial charge in [0.25, 0.3) is 26.0 Å². The Morgan fingerprint density at radius 1 is 0.974 bits per heavy atom. The number of sulfonamides is 1. The smallest absolute Gasteiger partial charge is 0.351 e. The van der Waals surface area contributed by atoms with Crippen LogP contribution in [0.15, 0.2) is 71.6 Å². The van der Waals surface area contributed by atoms with Crippen LogP contribution in [0.25, 0.3) is 16.9 Å². The Morgan fingerprint density at radius 2 is 1.56 bits per heavy atom. The lowest BCUT2D eigenvalue weighted by atomic mass is 10.1. The van der Waals surface area contributed by atoms with Gasteiger partial charge < -0.3 is 5.32 Å². The Bertz CT molecular complexity index is 1610. The lowest BCUT2D eigenvalue weighted by molar-refractivity contribution is -0.141. The van der Waals surface area contributed by atoms with Crippen LogP contribution >= 0.6 is 0 Å². The largest absolute Gasteiger partial charge is 0.435 e. The van der Waals surface area contributed by atoms with E-state index in [0.717, 1.165) is 28.4 Å². The first-order valence-electron chi connectivity index (χ1n) is 10.9. The molecule has 0 fully saturated rings. The van der Waals surface area contributed by atoms with Crippen LogP contribution in [-0.4, -0.2) is 55.3 Å². The van der Waals surface area contributed by atoms with Gasteiger partial charge in [0, 0.05) is 24.3 Å². The topological polar surface area (TPSA) is 165 Å². The molecule has 3 aromatic rings. The Balaban J connectivity index is 1.78. The highest BCUT2D eigenvalue weighted by Gasteiger charge is 2.35. The van der Waals surface area contributed by atoms with Crippen LogP contribution in [0.4, 0.5) is 13.2 Å². The fraction of sp³-hybridized carbons (Fsp3) is 0.174. The van der Waals surface area contributed by atoms with Crippen molar-refractivity contribution in [3.8, 4) is 16.9 Å². The minimum Gasteiger partial charge on any atom is -0.351 e. The number of amides is 2. The summed E-state index contributed by atoms with van der Waals surface area (Å²) in [5, 5.41) is 5.71. The molecule has 208 valence electrons. The molecule has 0 unspecified atom stereocenters. The number of benzene rings is 2. The molecule has 0 spiro atoms. The predicted octanol–water partition coefficient (Wildman–Crippen LogP) is 2.23. The molecule has 16 heteroatoms. The van der Waals surface area contributed by atoms with Crippen molar-refractivity contribution in [1.82, 2.24) is 19.8 Å². The van der Waals surface area contributed by atoms with Gasteiger partial charge in [-0.3, -0.25) is 14.1 Å². The van der Waals surface area contributed by atoms with Gasteiger partial charge in [-0.05, 0) is 37.3 Å². The SMILES string of the molecule is Cc1ccc(-c2cc(C(F)(F)F)nn2-c2ccc(S(=O)(=O)NC(=O)/C=C/C(=O)NCCS(=O)(=O)O)cc2)cc1. The van der Waals surface area contributed by atoms with Gasteiger partial charge in [-0.2, -0.15) is 26.7 Å². The van der Waals surface area contributed by atoms with E-state index in [2.05, 4.69) is 10.4 Å². The standard InChI is InChI=1S/C23H21F3N4O7S2/c1-15-2-4-16(5-3-15)19-14-20(23(24,25)26)28-30(19)17-6-8-18(9-7-17)39(36,37)29-22(32)11-10-21(31)27-12-13-38(33,34)35/h2-11,14H,12-13H2,1H3,(H,27,31)(H,29,32)(H,33,34,35)/b11-10+. The van der Waals surface area contributed by atoms with Crippen LogP contribution in [0.3, 0.4) is 0 Å². The van der Waals surface area contributed by atoms with E-state index in [4.69, 9.17) is 4.55 Å². The van der Waals surface area contributed by atoms with Gasteiger partial charge in [-0.25, -0.2) is 17.8 Å². The summed E-state index contributed by atoms with van der Waals surface area (Å²) in [4.78, 5) is 23.1. The maximum absolute atomic E-state index is 13.4. The zero-order valence-electron chi connectivity index (χ0n) is 20.0. The van der Waals surface area contributed by atoms with E-state index < -0.39 is 61.0 Å². The summed E-state index contributed by atoms with van der Waals surface area (Å²) in [5.41, 5.74) is 0.432. The molecule has 0 saturated carbocycles. The van der Waals surface area contributed by atoms with Crippen LogP contribution in [0.5, 0.6) is 0 Å². The first-order chi connectivity index (χ1) is 18.0. The number of nitrogens with one attached hydrogen (secondary N) is 2. The Labute approximate surface area is 221 Å². The molecule has 3 rings (SSSR count). The molecule has 0 aliphatic heterocycles. The van der Waals surface area contributed by atoms with Gasteiger partial charge in [0.15, 0.2) is 5.69 Å². The number of halogens is 3. The number of carbonyl (C=O) groups is 2.